The van der Waals surface area contributed by atoms with Gasteiger partial charge in [0.1, 0.15) is 11.3 Å². The summed E-state index contributed by atoms with van der Waals surface area (Å²) < 4.78 is 0. The number of phenols is 1. The normalized spacial score (nSPS) is 8.93. The number of hydrogen-bond acceptors (Lipinski definition) is 3. The minimum Gasteiger partial charge on any atom is -0.507 e. The van der Waals surface area contributed by atoms with E-state index in [9.17, 15) is 4.79 Å². The fourth-order valence-corrected chi connectivity index (χ4v) is 0.859. The summed E-state index contributed by atoms with van der Waals surface area (Å²) in [7, 11) is 0. The number of carboxylic acid groups (broad SMARTS) is 1. The molecular weight excluding hydrogens is 194 g/mol. The van der Waals surface area contributed by atoms with Crippen molar-refractivity contribution in [2.24, 2.45) is 5.73 Å². The van der Waals surface area contributed by atoms with Crippen molar-refractivity contribution < 1.29 is 15.0 Å². The molecule has 0 heterocycles. The molecule has 0 aliphatic rings. The number of aromatic hydroxyl groups is 1. The molecule has 1 aromatic carbocycles. The van der Waals surface area contributed by atoms with E-state index in [0.29, 0.717) is 0 Å². The highest BCUT2D eigenvalue weighted by atomic mass is 16.4. The van der Waals surface area contributed by atoms with Crippen molar-refractivity contribution in [1.29, 1.82) is 0 Å². The Morgan fingerprint density at radius 3 is 2.27 bits per heavy atom. The van der Waals surface area contributed by atoms with Gasteiger partial charge < -0.3 is 15.9 Å². The van der Waals surface area contributed by atoms with Crippen LogP contribution in [0.5, 0.6) is 5.75 Å². The number of benzene rings is 1. The fourth-order valence-electron chi connectivity index (χ4n) is 0.859. The van der Waals surface area contributed by atoms with Crippen molar-refractivity contribution in [1.82, 2.24) is 0 Å². The quantitative estimate of drug-likeness (QED) is 0.712. The van der Waals surface area contributed by atoms with E-state index >= 15 is 0 Å². The largest absolute Gasteiger partial charge is 0.507 e. The van der Waals surface area contributed by atoms with Gasteiger partial charge >= 0.3 is 5.97 Å². The van der Waals surface area contributed by atoms with E-state index in [2.05, 4.69) is 6.92 Å². The van der Waals surface area contributed by atoms with Gasteiger partial charge in [-0.25, -0.2) is 4.79 Å². The van der Waals surface area contributed by atoms with Gasteiger partial charge in [0.25, 0.3) is 0 Å². The van der Waals surface area contributed by atoms with Crippen LogP contribution in [-0.4, -0.2) is 22.7 Å². The van der Waals surface area contributed by atoms with Crippen molar-refractivity contribution in [2.75, 3.05) is 6.54 Å². The Bertz CT molecular complexity index is 298. The van der Waals surface area contributed by atoms with Crippen molar-refractivity contribution in [3.63, 3.8) is 0 Å². The predicted octanol–water partition coefficient (Wildman–Crippen LogP) is 1.84. The summed E-state index contributed by atoms with van der Waals surface area (Å²) in [5.74, 6) is -1.31. The zero-order valence-corrected chi connectivity index (χ0v) is 8.81. The summed E-state index contributed by atoms with van der Waals surface area (Å²) in [5.41, 5.74) is 5.07. The van der Waals surface area contributed by atoms with Gasteiger partial charge in [0.2, 0.25) is 0 Å². The third-order valence-corrected chi connectivity index (χ3v) is 1.69. The van der Waals surface area contributed by atoms with Gasteiger partial charge in [-0.15, -0.1) is 0 Å². The lowest BCUT2D eigenvalue weighted by molar-refractivity contribution is 0.0694. The third-order valence-electron chi connectivity index (χ3n) is 1.69. The molecular formula is C11H17NO3. The van der Waals surface area contributed by atoms with E-state index in [1.807, 2.05) is 0 Å². The molecule has 15 heavy (non-hydrogen) atoms. The van der Waals surface area contributed by atoms with Crippen molar-refractivity contribution in [3.8, 4) is 5.75 Å². The van der Waals surface area contributed by atoms with E-state index < -0.39 is 5.97 Å². The van der Waals surface area contributed by atoms with Crippen LogP contribution in [0, 0.1) is 0 Å². The molecule has 4 N–H and O–H groups in total. The van der Waals surface area contributed by atoms with Crippen LogP contribution >= 0.6 is 0 Å². The molecule has 0 unspecified atom stereocenters. The lowest BCUT2D eigenvalue weighted by Gasteiger charge is -1.95. The molecule has 0 saturated heterocycles. The molecule has 0 spiro atoms. The monoisotopic (exact) mass is 211 g/mol. The maximum Gasteiger partial charge on any atom is 0.339 e. The van der Waals surface area contributed by atoms with Gasteiger partial charge in [0.05, 0.1) is 0 Å². The second kappa shape index (κ2) is 7.82. The first kappa shape index (κ1) is 13.4. The molecule has 0 aliphatic carbocycles. The first-order valence-electron chi connectivity index (χ1n) is 4.84. The molecule has 0 radical (unpaired) electrons. The topological polar surface area (TPSA) is 83.6 Å². The highest BCUT2D eigenvalue weighted by Gasteiger charge is 2.05. The minimum absolute atomic E-state index is 0.0671. The van der Waals surface area contributed by atoms with Crippen LogP contribution in [0.15, 0.2) is 24.3 Å². The van der Waals surface area contributed by atoms with Crippen LogP contribution in [0.4, 0.5) is 0 Å². The number of nitrogens with two attached hydrogens (primary N) is 1. The zero-order valence-electron chi connectivity index (χ0n) is 8.81. The summed E-state index contributed by atoms with van der Waals surface area (Å²) in [6.45, 7) is 2.98. The highest BCUT2D eigenvalue weighted by molar-refractivity contribution is 5.90. The van der Waals surface area contributed by atoms with E-state index in [0.717, 1.165) is 6.54 Å². The molecule has 0 bridgehead atoms. The summed E-state index contributed by atoms with van der Waals surface area (Å²) in [4.78, 5) is 10.3. The molecule has 84 valence electrons. The second-order valence-corrected chi connectivity index (χ2v) is 2.96. The number of carboxylic acids is 1. The molecule has 4 nitrogen and oxygen atoms in total. The van der Waals surface area contributed by atoms with E-state index in [4.69, 9.17) is 15.9 Å². The Morgan fingerprint density at radius 1 is 1.40 bits per heavy atom. The fraction of sp³-hybridized carbons (Fsp3) is 0.364. The first-order chi connectivity index (χ1) is 7.13. The maximum absolute atomic E-state index is 10.3. The Morgan fingerprint density at radius 2 is 2.00 bits per heavy atom. The predicted molar refractivity (Wildman–Crippen MR) is 59.0 cm³/mol. The molecule has 0 fully saturated rings. The average Bonchev–Trinajstić information content (AvgIpc) is 2.20. The Kier molecular flexibility index (Phi) is 7.01. The minimum atomic E-state index is -1.11. The number of rotatable bonds is 3. The Hall–Kier alpha value is -1.55. The Labute approximate surface area is 89.4 Å². The maximum atomic E-state index is 10.3. The van der Waals surface area contributed by atoms with Crippen LogP contribution in [0.25, 0.3) is 0 Å². The van der Waals surface area contributed by atoms with Crippen LogP contribution in [0.1, 0.15) is 30.1 Å². The Balaban J connectivity index is 0.000000336. The van der Waals surface area contributed by atoms with E-state index in [-0.39, 0.29) is 11.3 Å². The van der Waals surface area contributed by atoms with Crippen LogP contribution in [0.3, 0.4) is 0 Å². The van der Waals surface area contributed by atoms with Gasteiger partial charge in [-0.1, -0.05) is 25.5 Å². The van der Waals surface area contributed by atoms with Crippen molar-refractivity contribution >= 4 is 5.97 Å². The standard InChI is InChI=1S/C7H6O3.C4H11N/c8-6-4-2-1-3-5(6)7(9)10;1-2-3-4-5/h1-4,8H,(H,9,10);2-5H2,1H3. The summed E-state index contributed by atoms with van der Waals surface area (Å²) in [6, 6.07) is 5.81. The van der Waals surface area contributed by atoms with Crippen LogP contribution < -0.4 is 5.73 Å². The van der Waals surface area contributed by atoms with Crippen molar-refractivity contribution in [2.45, 2.75) is 19.8 Å². The number of aromatic carboxylic acids is 1. The van der Waals surface area contributed by atoms with Crippen LogP contribution in [-0.2, 0) is 0 Å². The highest BCUT2D eigenvalue weighted by Crippen LogP contribution is 2.14. The number of carbonyl (C=O) groups is 1. The van der Waals surface area contributed by atoms with Gasteiger partial charge in [-0.3, -0.25) is 0 Å². The van der Waals surface area contributed by atoms with Gasteiger partial charge in [-0.05, 0) is 25.1 Å². The zero-order chi connectivity index (χ0) is 11.7. The van der Waals surface area contributed by atoms with Crippen LogP contribution in [0.2, 0.25) is 0 Å². The molecule has 1 aromatic rings. The van der Waals surface area contributed by atoms with Gasteiger partial charge in [0.15, 0.2) is 0 Å². The van der Waals surface area contributed by atoms with Gasteiger partial charge in [-0.2, -0.15) is 0 Å². The third kappa shape index (κ3) is 5.70. The lowest BCUT2D eigenvalue weighted by Crippen LogP contribution is -1.95. The number of hydrogen-bond donors (Lipinski definition) is 3. The van der Waals surface area contributed by atoms with E-state index in [1.54, 1.807) is 12.1 Å². The molecule has 4 heteroatoms. The molecule has 1 rings (SSSR count). The molecule has 0 aliphatic heterocycles. The molecule has 0 amide bonds. The number of para-hydroxylation sites is 1. The van der Waals surface area contributed by atoms with E-state index in [1.165, 1.54) is 25.0 Å². The lowest BCUT2D eigenvalue weighted by atomic mass is 10.2. The second-order valence-electron chi connectivity index (χ2n) is 2.96. The van der Waals surface area contributed by atoms with Gasteiger partial charge in [0, 0.05) is 0 Å². The summed E-state index contributed by atoms with van der Waals surface area (Å²) in [5, 5.41) is 17.3. The molecule has 0 saturated carbocycles. The SMILES string of the molecule is CCCCN.O=C(O)c1ccccc1O. The van der Waals surface area contributed by atoms with Crippen molar-refractivity contribution in [3.05, 3.63) is 29.8 Å². The summed E-state index contributed by atoms with van der Waals surface area (Å²) in [6.07, 6.45) is 2.39. The first-order valence-corrected chi connectivity index (χ1v) is 4.84. The number of unbranched alkanes of at least 4 members (excludes halogenated alkanes) is 1. The average molecular weight is 211 g/mol. The molecule has 0 aromatic heterocycles. The summed E-state index contributed by atoms with van der Waals surface area (Å²) >= 11 is 0. The molecule has 0 atom stereocenters. The smallest absolute Gasteiger partial charge is 0.339 e.